The second kappa shape index (κ2) is 7.69. The highest BCUT2D eigenvalue weighted by molar-refractivity contribution is 5.78. The van der Waals surface area contributed by atoms with Gasteiger partial charge in [-0.1, -0.05) is 6.07 Å². The number of piperidine rings is 1. The number of pyridine rings is 1. The Hall–Kier alpha value is -3.03. The second-order valence-electron chi connectivity index (χ2n) is 6.99. The van der Waals surface area contributed by atoms with Gasteiger partial charge in [-0.2, -0.15) is 0 Å². The molecule has 0 radical (unpaired) electrons. The summed E-state index contributed by atoms with van der Waals surface area (Å²) in [5.74, 6) is 2.20. The van der Waals surface area contributed by atoms with Crippen LogP contribution in [0.5, 0.6) is 0 Å². The summed E-state index contributed by atoms with van der Waals surface area (Å²) in [4.78, 5) is 22.8. The molecular weight excluding hydrogens is 342 g/mol. The first-order chi connectivity index (χ1) is 13.2. The maximum absolute atomic E-state index is 12.7. The van der Waals surface area contributed by atoms with Crippen LogP contribution < -0.4 is 0 Å². The predicted molar refractivity (Wildman–Crippen MR) is 98.8 cm³/mol. The molecule has 0 bridgehead atoms. The zero-order chi connectivity index (χ0) is 18.6. The number of carbonyl (C=O) groups is 1. The highest BCUT2D eigenvalue weighted by Crippen LogP contribution is 2.26. The van der Waals surface area contributed by atoms with Crippen molar-refractivity contribution >= 4 is 5.91 Å². The minimum absolute atomic E-state index is 0.147. The fourth-order valence-corrected chi connectivity index (χ4v) is 3.62. The van der Waals surface area contributed by atoms with E-state index in [0.717, 1.165) is 36.6 Å². The van der Waals surface area contributed by atoms with Crippen molar-refractivity contribution in [3.05, 3.63) is 60.5 Å². The fourth-order valence-electron chi connectivity index (χ4n) is 3.62. The second-order valence-corrected chi connectivity index (χ2v) is 6.99. The summed E-state index contributed by atoms with van der Waals surface area (Å²) < 4.78 is 4.03. The van der Waals surface area contributed by atoms with Crippen molar-refractivity contribution in [3.63, 3.8) is 0 Å². The van der Waals surface area contributed by atoms with Crippen LogP contribution in [0, 0.1) is 0 Å². The molecule has 0 unspecified atom stereocenters. The van der Waals surface area contributed by atoms with Gasteiger partial charge in [-0.15, -0.1) is 10.2 Å². The van der Waals surface area contributed by atoms with Gasteiger partial charge in [0.25, 0.3) is 0 Å². The zero-order valence-corrected chi connectivity index (χ0v) is 15.4. The van der Waals surface area contributed by atoms with E-state index in [0.29, 0.717) is 19.5 Å². The van der Waals surface area contributed by atoms with Crippen molar-refractivity contribution in [1.82, 2.24) is 34.2 Å². The molecule has 0 spiro atoms. The Morgan fingerprint density at radius 2 is 2.19 bits per heavy atom. The van der Waals surface area contributed by atoms with Crippen LogP contribution in [0.25, 0.3) is 0 Å². The number of likely N-dealkylation sites (tertiary alicyclic amines) is 1. The first kappa shape index (κ1) is 17.4. The Bertz CT molecular complexity index is 888. The topological polar surface area (TPSA) is 81.7 Å². The maximum atomic E-state index is 12.7. The lowest BCUT2D eigenvalue weighted by atomic mass is 9.96. The third kappa shape index (κ3) is 3.89. The number of aromatic nitrogens is 6. The van der Waals surface area contributed by atoms with Gasteiger partial charge in [-0.3, -0.25) is 9.78 Å². The fraction of sp³-hybridized carbons (Fsp3) is 0.421. The monoisotopic (exact) mass is 365 g/mol. The number of nitrogens with zero attached hydrogens (tertiary/aromatic N) is 7. The van der Waals surface area contributed by atoms with Crippen LogP contribution in [0.1, 0.15) is 36.0 Å². The average Bonchev–Trinajstić information content (AvgIpc) is 3.33. The van der Waals surface area contributed by atoms with E-state index in [-0.39, 0.29) is 11.8 Å². The molecule has 1 atom stereocenters. The number of hydrogen-bond donors (Lipinski definition) is 0. The van der Waals surface area contributed by atoms with Crippen LogP contribution in [0.15, 0.2) is 43.2 Å². The van der Waals surface area contributed by atoms with E-state index in [1.54, 1.807) is 24.9 Å². The van der Waals surface area contributed by atoms with Crippen LogP contribution in [0.2, 0.25) is 0 Å². The predicted octanol–water partition coefficient (Wildman–Crippen LogP) is 1.40. The molecule has 0 saturated carbocycles. The molecule has 0 aromatic carbocycles. The average molecular weight is 365 g/mol. The van der Waals surface area contributed by atoms with Gasteiger partial charge in [0.05, 0.1) is 19.3 Å². The van der Waals surface area contributed by atoms with Crippen LogP contribution in [-0.4, -0.2) is 53.2 Å². The molecule has 1 saturated heterocycles. The van der Waals surface area contributed by atoms with Crippen LogP contribution >= 0.6 is 0 Å². The third-order valence-corrected chi connectivity index (χ3v) is 5.10. The van der Waals surface area contributed by atoms with Gasteiger partial charge in [0.15, 0.2) is 5.82 Å². The van der Waals surface area contributed by atoms with Gasteiger partial charge in [0.1, 0.15) is 5.82 Å². The van der Waals surface area contributed by atoms with E-state index in [2.05, 4.69) is 24.7 Å². The summed E-state index contributed by atoms with van der Waals surface area (Å²) in [6.45, 7) is 2.13. The molecule has 3 aromatic rings. The van der Waals surface area contributed by atoms with Crippen molar-refractivity contribution < 1.29 is 4.79 Å². The van der Waals surface area contributed by atoms with Crippen molar-refractivity contribution in [3.8, 4) is 0 Å². The summed E-state index contributed by atoms with van der Waals surface area (Å²) in [6, 6.07) is 3.81. The van der Waals surface area contributed by atoms with E-state index in [9.17, 15) is 4.79 Å². The summed E-state index contributed by atoms with van der Waals surface area (Å²) in [5.41, 5.74) is 0.950. The van der Waals surface area contributed by atoms with Gasteiger partial charge in [0.2, 0.25) is 5.91 Å². The number of rotatable bonds is 5. The first-order valence-corrected chi connectivity index (χ1v) is 9.21. The Morgan fingerprint density at radius 3 is 2.96 bits per heavy atom. The lowest BCUT2D eigenvalue weighted by Crippen LogP contribution is -2.40. The maximum Gasteiger partial charge on any atom is 0.227 e. The molecule has 0 N–H and O–H groups in total. The first-order valence-electron chi connectivity index (χ1n) is 9.21. The molecule has 1 aliphatic heterocycles. The normalized spacial score (nSPS) is 17.2. The largest absolute Gasteiger partial charge is 0.342 e. The van der Waals surface area contributed by atoms with E-state index in [1.165, 1.54) is 0 Å². The summed E-state index contributed by atoms with van der Waals surface area (Å²) in [5, 5.41) is 8.79. The van der Waals surface area contributed by atoms with Crippen molar-refractivity contribution in [2.75, 3.05) is 13.1 Å². The van der Waals surface area contributed by atoms with Gasteiger partial charge in [-0.05, 0) is 24.5 Å². The summed E-state index contributed by atoms with van der Waals surface area (Å²) in [6.07, 6.45) is 11.3. The van der Waals surface area contributed by atoms with Crippen molar-refractivity contribution in [1.29, 1.82) is 0 Å². The lowest BCUT2D eigenvalue weighted by Gasteiger charge is -2.32. The van der Waals surface area contributed by atoms with E-state index in [1.807, 2.05) is 34.8 Å². The summed E-state index contributed by atoms with van der Waals surface area (Å²) >= 11 is 0. The lowest BCUT2D eigenvalue weighted by molar-refractivity contribution is -0.131. The minimum atomic E-state index is 0.147. The van der Waals surface area contributed by atoms with Gasteiger partial charge in [-0.25, -0.2) is 4.98 Å². The zero-order valence-electron chi connectivity index (χ0n) is 15.4. The van der Waals surface area contributed by atoms with Gasteiger partial charge in [0, 0.05) is 50.8 Å². The molecule has 4 heterocycles. The third-order valence-electron chi connectivity index (χ3n) is 5.10. The Labute approximate surface area is 157 Å². The Morgan fingerprint density at radius 1 is 1.26 bits per heavy atom. The highest BCUT2D eigenvalue weighted by atomic mass is 16.2. The molecule has 4 rings (SSSR count). The van der Waals surface area contributed by atoms with Crippen LogP contribution in [0.4, 0.5) is 0 Å². The number of imidazole rings is 1. The van der Waals surface area contributed by atoms with E-state index >= 15 is 0 Å². The highest BCUT2D eigenvalue weighted by Gasteiger charge is 2.28. The van der Waals surface area contributed by atoms with Gasteiger partial charge >= 0.3 is 0 Å². The Kier molecular flexibility index (Phi) is 4.95. The number of carbonyl (C=O) groups excluding carboxylic acids is 1. The molecule has 1 aliphatic rings. The molecule has 1 fully saturated rings. The minimum Gasteiger partial charge on any atom is -0.342 e. The standard InChI is InChI=1S/C19H23N7O/c1-24-17(13-25-9-7-21-14-25)22-23-19(24)16-5-3-8-26(12-16)18(27)10-15-4-2-6-20-11-15/h2,4,6-7,9,11,14,16H,3,5,8,10,12-13H2,1H3/t16-/m1/s1. The van der Waals surface area contributed by atoms with Gasteiger partial charge < -0.3 is 14.0 Å². The molecule has 0 aliphatic carbocycles. The molecule has 140 valence electrons. The molecule has 8 nitrogen and oxygen atoms in total. The quantitative estimate of drug-likeness (QED) is 0.683. The van der Waals surface area contributed by atoms with Crippen molar-refractivity contribution in [2.24, 2.45) is 7.05 Å². The van der Waals surface area contributed by atoms with Crippen LogP contribution in [0.3, 0.4) is 0 Å². The molecule has 3 aromatic heterocycles. The number of hydrogen-bond acceptors (Lipinski definition) is 5. The van der Waals surface area contributed by atoms with Crippen LogP contribution in [-0.2, 0) is 24.8 Å². The molecule has 8 heteroatoms. The smallest absolute Gasteiger partial charge is 0.227 e. The molecule has 1 amide bonds. The number of amides is 1. The summed E-state index contributed by atoms with van der Waals surface area (Å²) in [7, 11) is 2.00. The SMILES string of the molecule is Cn1c(Cn2ccnc2)nnc1[C@@H]1CCCN(C(=O)Cc2cccnc2)C1. The Balaban J connectivity index is 1.44. The van der Waals surface area contributed by atoms with E-state index in [4.69, 9.17) is 0 Å². The molecule has 27 heavy (non-hydrogen) atoms. The van der Waals surface area contributed by atoms with Crippen molar-refractivity contribution in [2.45, 2.75) is 31.7 Å². The molecular formula is C19H23N7O. The van der Waals surface area contributed by atoms with E-state index < -0.39 is 0 Å².